The largest absolute Gasteiger partial charge is 0.383 e. The van der Waals surface area contributed by atoms with Crippen LogP contribution in [-0.4, -0.2) is 31.6 Å². The lowest BCUT2D eigenvalue weighted by Gasteiger charge is -2.10. The number of nitrogens with two attached hydrogens (primary N) is 2. The van der Waals surface area contributed by atoms with Gasteiger partial charge in [-0.05, 0) is 25.0 Å². The van der Waals surface area contributed by atoms with Crippen molar-refractivity contribution < 1.29 is 9.32 Å². The number of aliphatic imine (C=N–C) groups is 1. The van der Waals surface area contributed by atoms with E-state index in [0.29, 0.717) is 23.4 Å². The van der Waals surface area contributed by atoms with E-state index in [-0.39, 0.29) is 41.6 Å². The summed E-state index contributed by atoms with van der Waals surface area (Å²) in [5.41, 5.74) is 17.0. The first-order valence-corrected chi connectivity index (χ1v) is 10.8. The summed E-state index contributed by atoms with van der Waals surface area (Å²) in [6.07, 6.45) is 4.46. The van der Waals surface area contributed by atoms with Crippen LogP contribution in [0, 0.1) is 0 Å². The van der Waals surface area contributed by atoms with Crippen LogP contribution in [0.4, 0.5) is 11.5 Å². The number of aromatic nitrogens is 4. The second-order valence-electron chi connectivity index (χ2n) is 8.89. The standard InChI is InChI=1S/C23H25N7O2/c1-12(7-18(31)21-13(10-24)22(25)27-11-26-21)19-9-17(30-32-19)16-8-15-14(28-16)3-4-20(29-15)23(2)5-6-23/h3-4,9,11-12H,5-8,10,24H2,1-2H3,(H2,25,26,27)/t12-/m0/s1. The molecule has 0 unspecified atom stereocenters. The second kappa shape index (κ2) is 7.59. The zero-order valence-electron chi connectivity index (χ0n) is 18.1. The van der Waals surface area contributed by atoms with Gasteiger partial charge in [-0.2, -0.15) is 0 Å². The van der Waals surface area contributed by atoms with E-state index < -0.39 is 0 Å². The van der Waals surface area contributed by atoms with Gasteiger partial charge in [-0.3, -0.25) is 9.78 Å². The minimum atomic E-state index is -0.200. The number of nitrogens with zero attached hydrogens (tertiary/aromatic N) is 5. The molecule has 0 aromatic carbocycles. The maximum absolute atomic E-state index is 12.8. The molecular weight excluding hydrogens is 406 g/mol. The van der Waals surface area contributed by atoms with Gasteiger partial charge in [0.2, 0.25) is 0 Å². The number of hydrogen-bond donors (Lipinski definition) is 2. The van der Waals surface area contributed by atoms with Crippen LogP contribution < -0.4 is 11.5 Å². The van der Waals surface area contributed by atoms with Crippen molar-refractivity contribution in [2.24, 2.45) is 10.7 Å². The number of pyridine rings is 1. The van der Waals surface area contributed by atoms with Crippen LogP contribution in [0.3, 0.4) is 0 Å². The summed E-state index contributed by atoms with van der Waals surface area (Å²) in [5.74, 6) is 0.476. The second-order valence-corrected chi connectivity index (χ2v) is 8.89. The molecular formula is C23H25N7O2. The van der Waals surface area contributed by atoms with E-state index in [0.717, 1.165) is 22.8 Å². The molecule has 0 bridgehead atoms. The average molecular weight is 432 g/mol. The van der Waals surface area contributed by atoms with Gasteiger partial charge >= 0.3 is 0 Å². The highest BCUT2D eigenvalue weighted by molar-refractivity contribution is 6.04. The van der Waals surface area contributed by atoms with Crippen molar-refractivity contribution in [3.63, 3.8) is 0 Å². The van der Waals surface area contributed by atoms with Gasteiger partial charge < -0.3 is 16.0 Å². The van der Waals surface area contributed by atoms with Crippen LogP contribution in [0.1, 0.15) is 77.9 Å². The van der Waals surface area contributed by atoms with E-state index >= 15 is 0 Å². The fraction of sp³-hybridized carbons (Fsp3) is 0.391. The Balaban J connectivity index is 1.30. The molecule has 3 aromatic rings. The molecule has 164 valence electrons. The van der Waals surface area contributed by atoms with Crippen molar-refractivity contribution in [1.82, 2.24) is 20.1 Å². The van der Waals surface area contributed by atoms with Crippen molar-refractivity contribution in [1.29, 1.82) is 0 Å². The van der Waals surface area contributed by atoms with Crippen molar-refractivity contribution >= 4 is 23.0 Å². The van der Waals surface area contributed by atoms with Crippen molar-refractivity contribution in [3.05, 3.63) is 58.6 Å². The van der Waals surface area contributed by atoms with E-state index in [2.05, 4.69) is 28.1 Å². The first kappa shape index (κ1) is 20.4. The summed E-state index contributed by atoms with van der Waals surface area (Å²) in [4.78, 5) is 30.3. The molecule has 32 heavy (non-hydrogen) atoms. The predicted molar refractivity (Wildman–Crippen MR) is 119 cm³/mol. The van der Waals surface area contributed by atoms with Gasteiger partial charge in [0.15, 0.2) is 5.78 Å². The number of rotatable bonds is 7. The van der Waals surface area contributed by atoms with Gasteiger partial charge in [0.1, 0.15) is 29.3 Å². The molecule has 4 N–H and O–H groups in total. The normalized spacial score (nSPS) is 17.0. The molecule has 4 heterocycles. The Bertz CT molecular complexity index is 1240. The molecule has 2 aliphatic rings. The Morgan fingerprint density at radius 3 is 2.84 bits per heavy atom. The quantitative estimate of drug-likeness (QED) is 0.543. The summed E-state index contributed by atoms with van der Waals surface area (Å²) >= 11 is 0. The number of Topliss-reactive ketones (excluding diaryl/α,β-unsaturated/α-hetero) is 1. The number of nitrogen functional groups attached to an aromatic ring is 1. The zero-order chi connectivity index (χ0) is 22.5. The minimum Gasteiger partial charge on any atom is -0.383 e. The lowest BCUT2D eigenvalue weighted by molar-refractivity contribution is 0.0965. The number of anilines is 1. The van der Waals surface area contributed by atoms with E-state index in [9.17, 15) is 4.79 Å². The van der Waals surface area contributed by atoms with Gasteiger partial charge in [-0.25, -0.2) is 15.0 Å². The molecule has 1 aliphatic carbocycles. The van der Waals surface area contributed by atoms with Crippen molar-refractivity contribution in [3.8, 4) is 0 Å². The molecule has 0 spiro atoms. The van der Waals surface area contributed by atoms with Crippen LogP contribution in [-0.2, 0) is 18.4 Å². The van der Waals surface area contributed by atoms with E-state index in [4.69, 9.17) is 26.0 Å². The van der Waals surface area contributed by atoms with Crippen LogP contribution in [0.5, 0.6) is 0 Å². The van der Waals surface area contributed by atoms with E-state index in [1.165, 1.54) is 19.2 Å². The third-order valence-corrected chi connectivity index (χ3v) is 6.41. The van der Waals surface area contributed by atoms with Gasteiger partial charge in [0, 0.05) is 48.0 Å². The molecule has 3 aromatic heterocycles. The van der Waals surface area contributed by atoms with Crippen LogP contribution >= 0.6 is 0 Å². The predicted octanol–water partition coefficient (Wildman–Crippen LogP) is 3.01. The molecule has 0 radical (unpaired) electrons. The SMILES string of the molecule is C[C@@H](CC(=O)c1ncnc(N)c1CN)c1cc(C2=Nc3ccc(C4(C)CC4)nc3C2)no1. The number of carbonyl (C=O) groups excluding carboxylic acids is 1. The Morgan fingerprint density at radius 1 is 1.28 bits per heavy atom. The number of fused-ring (bicyclic) bond motifs is 1. The van der Waals surface area contributed by atoms with Crippen molar-refractivity contribution in [2.45, 2.75) is 57.4 Å². The smallest absolute Gasteiger partial charge is 0.182 e. The third-order valence-electron chi connectivity index (χ3n) is 6.41. The molecule has 0 amide bonds. The van der Waals surface area contributed by atoms with Crippen LogP contribution in [0.25, 0.3) is 0 Å². The lowest BCUT2D eigenvalue weighted by atomic mass is 9.97. The van der Waals surface area contributed by atoms with Gasteiger partial charge in [0.25, 0.3) is 0 Å². The fourth-order valence-corrected chi connectivity index (χ4v) is 4.00. The van der Waals surface area contributed by atoms with Crippen molar-refractivity contribution in [2.75, 3.05) is 5.73 Å². The monoisotopic (exact) mass is 431 g/mol. The first-order chi connectivity index (χ1) is 15.4. The Hall–Kier alpha value is -3.46. The number of hydrogen-bond acceptors (Lipinski definition) is 9. The topological polar surface area (TPSA) is 146 Å². The Labute approximate surface area is 185 Å². The zero-order valence-corrected chi connectivity index (χ0v) is 18.1. The average Bonchev–Trinajstić information content (AvgIpc) is 3.18. The van der Waals surface area contributed by atoms with E-state index in [1.807, 2.05) is 19.1 Å². The molecule has 5 rings (SSSR count). The molecule has 1 atom stereocenters. The highest BCUT2D eigenvalue weighted by atomic mass is 16.5. The molecule has 1 fully saturated rings. The van der Waals surface area contributed by atoms with Crippen LogP contribution in [0.2, 0.25) is 0 Å². The van der Waals surface area contributed by atoms with Gasteiger partial charge in [-0.1, -0.05) is 19.0 Å². The minimum absolute atomic E-state index is 0.101. The summed E-state index contributed by atoms with van der Waals surface area (Å²) < 4.78 is 5.56. The van der Waals surface area contributed by atoms with E-state index in [1.54, 1.807) is 0 Å². The summed E-state index contributed by atoms with van der Waals surface area (Å²) in [6.45, 7) is 4.26. The van der Waals surface area contributed by atoms with Gasteiger partial charge in [0.05, 0.1) is 17.1 Å². The third kappa shape index (κ3) is 3.58. The maximum Gasteiger partial charge on any atom is 0.182 e. The van der Waals surface area contributed by atoms with Gasteiger partial charge in [-0.15, -0.1) is 0 Å². The Kier molecular flexibility index (Phi) is 4.85. The number of ketones is 1. The maximum atomic E-state index is 12.8. The van der Waals surface area contributed by atoms with Crippen LogP contribution in [0.15, 0.2) is 34.0 Å². The first-order valence-electron chi connectivity index (χ1n) is 10.8. The number of carbonyl (C=O) groups is 1. The highest BCUT2D eigenvalue weighted by Crippen LogP contribution is 2.47. The molecule has 1 saturated carbocycles. The molecule has 0 saturated heterocycles. The molecule has 1 aliphatic heterocycles. The molecule has 9 heteroatoms. The lowest BCUT2D eigenvalue weighted by Crippen LogP contribution is -2.15. The fourth-order valence-electron chi connectivity index (χ4n) is 4.00. The molecule has 9 nitrogen and oxygen atoms in total. The summed E-state index contributed by atoms with van der Waals surface area (Å²) in [6, 6.07) is 5.97. The highest BCUT2D eigenvalue weighted by Gasteiger charge is 2.41. The summed E-state index contributed by atoms with van der Waals surface area (Å²) in [5, 5.41) is 4.20. The Morgan fingerprint density at radius 2 is 2.09 bits per heavy atom. The summed E-state index contributed by atoms with van der Waals surface area (Å²) in [7, 11) is 0.